The van der Waals surface area contributed by atoms with E-state index < -0.39 is 5.97 Å². The van der Waals surface area contributed by atoms with Crippen molar-refractivity contribution in [2.45, 2.75) is 70.6 Å². The van der Waals surface area contributed by atoms with E-state index in [0.717, 1.165) is 44.8 Å². The number of hydrogen-bond donors (Lipinski definition) is 2. The molecule has 156 valence electrons. The standard InChI is InChI=1S/C22H33NO5/c24-17-9-8-16-23-21(25)11-7-5-3-1-2-4-6-10-18-28-20-14-12-19(13-15-20)22(26)27/h12-15,17H,1-11,16,18H2,(H,23,25)(H,26,27). The average molecular weight is 392 g/mol. The van der Waals surface area contributed by atoms with Gasteiger partial charge in [0.15, 0.2) is 0 Å². The van der Waals surface area contributed by atoms with Gasteiger partial charge in [-0.05, 0) is 43.5 Å². The van der Waals surface area contributed by atoms with Gasteiger partial charge in [0, 0.05) is 19.4 Å². The minimum atomic E-state index is -0.930. The summed E-state index contributed by atoms with van der Waals surface area (Å²) in [7, 11) is 0. The van der Waals surface area contributed by atoms with Crippen LogP contribution >= 0.6 is 0 Å². The number of carbonyl (C=O) groups excluding carboxylic acids is 2. The molecule has 0 saturated carbocycles. The summed E-state index contributed by atoms with van der Waals surface area (Å²) < 4.78 is 5.62. The zero-order valence-electron chi connectivity index (χ0n) is 16.7. The molecule has 28 heavy (non-hydrogen) atoms. The van der Waals surface area contributed by atoms with Crippen molar-refractivity contribution in [3.8, 4) is 5.75 Å². The summed E-state index contributed by atoms with van der Waals surface area (Å²) in [6, 6.07) is 6.48. The first-order valence-corrected chi connectivity index (χ1v) is 10.3. The lowest BCUT2D eigenvalue weighted by Crippen LogP contribution is -2.24. The molecular formula is C22H33NO5. The summed E-state index contributed by atoms with van der Waals surface area (Å²) >= 11 is 0. The molecule has 0 aliphatic heterocycles. The Bertz CT molecular complexity index is 571. The summed E-state index contributed by atoms with van der Waals surface area (Å²) in [5.41, 5.74) is 0.266. The predicted octanol–water partition coefficient (Wildman–Crippen LogP) is 4.37. The van der Waals surface area contributed by atoms with Crippen LogP contribution in [0.15, 0.2) is 24.3 Å². The van der Waals surface area contributed by atoms with Crippen LogP contribution in [0.2, 0.25) is 0 Å². The van der Waals surface area contributed by atoms with E-state index in [1.807, 2.05) is 0 Å². The predicted molar refractivity (Wildman–Crippen MR) is 109 cm³/mol. The van der Waals surface area contributed by atoms with Crippen LogP contribution in [-0.4, -0.2) is 36.4 Å². The number of amides is 1. The molecule has 1 amide bonds. The number of aromatic carboxylic acids is 1. The molecule has 1 rings (SSSR count). The number of benzene rings is 1. The van der Waals surface area contributed by atoms with Crippen LogP contribution in [0.25, 0.3) is 0 Å². The van der Waals surface area contributed by atoms with Gasteiger partial charge in [0.05, 0.1) is 12.2 Å². The smallest absolute Gasteiger partial charge is 0.335 e. The lowest BCUT2D eigenvalue weighted by Gasteiger charge is -2.06. The van der Waals surface area contributed by atoms with Crippen molar-refractivity contribution in [3.05, 3.63) is 29.8 Å². The molecular weight excluding hydrogens is 358 g/mol. The monoisotopic (exact) mass is 391 g/mol. The second-order valence-electron chi connectivity index (χ2n) is 6.92. The second kappa shape index (κ2) is 15.7. The summed E-state index contributed by atoms with van der Waals surface area (Å²) in [5.74, 6) is -0.137. The van der Waals surface area contributed by atoms with Crippen molar-refractivity contribution in [1.29, 1.82) is 0 Å². The number of ether oxygens (including phenoxy) is 1. The Morgan fingerprint density at radius 1 is 0.893 bits per heavy atom. The highest BCUT2D eigenvalue weighted by molar-refractivity contribution is 5.87. The Balaban J connectivity index is 1.87. The van der Waals surface area contributed by atoms with Crippen molar-refractivity contribution in [2.75, 3.05) is 13.2 Å². The summed E-state index contributed by atoms with van der Waals surface area (Å²) in [4.78, 5) is 32.5. The highest BCUT2D eigenvalue weighted by atomic mass is 16.5. The van der Waals surface area contributed by atoms with Gasteiger partial charge in [-0.1, -0.05) is 38.5 Å². The fourth-order valence-electron chi connectivity index (χ4n) is 2.83. The number of aldehydes is 1. The molecule has 0 fully saturated rings. The van der Waals surface area contributed by atoms with Gasteiger partial charge in [-0.25, -0.2) is 4.79 Å². The number of rotatable bonds is 17. The van der Waals surface area contributed by atoms with Gasteiger partial charge < -0.3 is 20.0 Å². The first-order valence-electron chi connectivity index (χ1n) is 10.3. The van der Waals surface area contributed by atoms with Crippen molar-refractivity contribution in [2.24, 2.45) is 0 Å². The number of carboxylic acid groups (broad SMARTS) is 1. The normalized spacial score (nSPS) is 10.4. The van der Waals surface area contributed by atoms with Gasteiger partial charge in [0.25, 0.3) is 0 Å². The van der Waals surface area contributed by atoms with Crippen molar-refractivity contribution in [3.63, 3.8) is 0 Å². The molecule has 0 aliphatic carbocycles. The first kappa shape index (κ1) is 23.7. The van der Waals surface area contributed by atoms with Crippen LogP contribution in [0, 0.1) is 0 Å². The topological polar surface area (TPSA) is 92.7 Å². The minimum absolute atomic E-state index is 0.0866. The van der Waals surface area contributed by atoms with Gasteiger partial charge in [0.2, 0.25) is 5.91 Å². The fraction of sp³-hybridized carbons (Fsp3) is 0.591. The zero-order valence-corrected chi connectivity index (χ0v) is 16.7. The lowest BCUT2D eigenvalue weighted by molar-refractivity contribution is -0.121. The number of unbranched alkanes of at least 4 members (excludes halogenated alkanes) is 8. The number of carbonyl (C=O) groups is 3. The third kappa shape index (κ3) is 12.1. The van der Waals surface area contributed by atoms with Crippen molar-refractivity contribution >= 4 is 18.2 Å². The molecule has 1 aromatic rings. The molecule has 6 nitrogen and oxygen atoms in total. The number of hydrogen-bond acceptors (Lipinski definition) is 4. The van der Waals surface area contributed by atoms with E-state index >= 15 is 0 Å². The molecule has 0 atom stereocenters. The third-order valence-electron chi connectivity index (χ3n) is 4.49. The van der Waals surface area contributed by atoms with E-state index in [4.69, 9.17) is 9.84 Å². The highest BCUT2D eigenvalue weighted by Gasteiger charge is 2.02. The maximum Gasteiger partial charge on any atom is 0.335 e. The van der Waals surface area contributed by atoms with E-state index in [9.17, 15) is 14.4 Å². The molecule has 0 radical (unpaired) electrons. The Hall–Kier alpha value is -2.37. The van der Waals surface area contributed by atoms with Gasteiger partial charge in [-0.3, -0.25) is 4.79 Å². The molecule has 2 N–H and O–H groups in total. The van der Waals surface area contributed by atoms with Crippen molar-refractivity contribution < 1.29 is 24.2 Å². The van der Waals surface area contributed by atoms with Crippen LogP contribution in [0.3, 0.4) is 0 Å². The van der Waals surface area contributed by atoms with Crippen LogP contribution in [-0.2, 0) is 9.59 Å². The lowest BCUT2D eigenvalue weighted by atomic mass is 10.1. The minimum Gasteiger partial charge on any atom is -0.494 e. The number of nitrogens with one attached hydrogen (secondary N) is 1. The van der Waals surface area contributed by atoms with Gasteiger partial charge in [-0.15, -0.1) is 0 Å². The maximum atomic E-state index is 11.6. The zero-order chi connectivity index (χ0) is 20.5. The third-order valence-corrected chi connectivity index (χ3v) is 4.49. The molecule has 0 saturated heterocycles. The molecule has 0 aromatic heterocycles. The Morgan fingerprint density at radius 2 is 1.50 bits per heavy atom. The van der Waals surface area contributed by atoms with E-state index in [0.29, 0.717) is 31.7 Å². The van der Waals surface area contributed by atoms with Crippen LogP contribution in [0.4, 0.5) is 0 Å². The van der Waals surface area contributed by atoms with Crippen LogP contribution in [0.1, 0.15) is 81.0 Å². The van der Waals surface area contributed by atoms with Crippen LogP contribution < -0.4 is 10.1 Å². The molecule has 6 heteroatoms. The molecule has 0 unspecified atom stereocenters. The van der Waals surface area contributed by atoms with Gasteiger partial charge in [-0.2, -0.15) is 0 Å². The summed E-state index contributed by atoms with van der Waals surface area (Å²) in [6.45, 7) is 1.24. The van der Waals surface area contributed by atoms with E-state index in [2.05, 4.69) is 5.32 Å². The largest absolute Gasteiger partial charge is 0.494 e. The molecule has 0 spiro atoms. The quantitative estimate of drug-likeness (QED) is 0.304. The average Bonchev–Trinajstić information content (AvgIpc) is 2.69. The first-order chi connectivity index (χ1) is 13.6. The van der Waals surface area contributed by atoms with Gasteiger partial charge >= 0.3 is 5.97 Å². The Morgan fingerprint density at radius 3 is 2.11 bits per heavy atom. The van der Waals surface area contributed by atoms with E-state index in [1.165, 1.54) is 19.3 Å². The fourth-order valence-corrected chi connectivity index (χ4v) is 2.83. The van der Waals surface area contributed by atoms with Crippen LogP contribution in [0.5, 0.6) is 5.75 Å². The molecule has 0 bridgehead atoms. The Kier molecular flexibility index (Phi) is 13.2. The summed E-state index contributed by atoms with van der Waals surface area (Å²) in [5, 5.41) is 11.7. The summed E-state index contributed by atoms with van der Waals surface area (Å²) in [6.07, 6.45) is 11.5. The second-order valence-corrected chi connectivity index (χ2v) is 6.92. The van der Waals surface area contributed by atoms with Gasteiger partial charge in [0.1, 0.15) is 12.0 Å². The highest BCUT2D eigenvalue weighted by Crippen LogP contribution is 2.14. The SMILES string of the molecule is O=CCCCNC(=O)CCCCCCCCCCOc1ccc(C(=O)O)cc1. The van der Waals surface area contributed by atoms with E-state index in [-0.39, 0.29) is 11.5 Å². The molecule has 1 aromatic carbocycles. The van der Waals surface area contributed by atoms with Crippen molar-refractivity contribution in [1.82, 2.24) is 5.32 Å². The Labute approximate surface area is 167 Å². The number of carboxylic acids is 1. The van der Waals surface area contributed by atoms with E-state index in [1.54, 1.807) is 24.3 Å². The molecule has 0 aliphatic rings. The molecule has 0 heterocycles. The maximum absolute atomic E-state index is 11.6.